The molecule has 0 unspecified atom stereocenters. The van der Waals surface area contributed by atoms with E-state index in [0.717, 1.165) is 30.1 Å². The summed E-state index contributed by atoms with van der Waals surface area (Å²) >= 11 is 0. The predicted molar refractivity (Wildman–Crippen MR) is 90.5 cm³/mol. The maximum absolute atomic E-state index is 8.96. The monoisotopic (exact) mass is 317 g/mol. The number of ether oxygens (including phenoxy) is 2. The van der Waals surface area contributed by atoms with Gasteiger partial charge in [-0.15, -0.1) is 0 Å². The Morgan fingerprint density at radius 3 is 2.74 bits per heavy atom. The number of nitriles is 1. The third kappa shape index (κ3) is 3.64. The standard InChI is InChI=1S/C20H31NO2/c1-14-5-8-20-18-10-7-16(23-13-22-2)12-15(18)6-9-19(20)17(14)4-3-11-21/h15-20H,1,3-10,12-13H2,2H3/t15-,16+,17-,18+,19+,20-/m1/s1. The number of methoxy groups -OCH3 is 1. The molecule has 3 heteroatoms. The molecule has 0 aliphatic heterocycles. The Labute approximate surface area is 141 Å². The van der Waals surface area contributed by atoms with Gasteiger partial charge in [0.15, 0.2) is 0 Å². The van der Waals surface area contributed by atoms with Crippen molar-refractivity contribution in [3.63, 3.8) is 0 Å². The molecule has 3 saturated carbocycles. The zero-order chi connectivity index (χ0) is 16.2. The molecular weight excluding hydrogens is 286 g/mol. The predicted octanol–water partition coefficient (Wildman–Crippen LogP) is 4.69. The molecule has 128 valence electrons. The van der Waals surface area contributed by atoms with Gasteiger partial charge in [0.1, 0.15) is 6.79 Å². The lowest BCUT2D eigenvalue weighted by molar-refractivity contribution is -0.109. The van der Waals surface area contributed by atoms with Gasteiger partial charge in [0.25, 0.3) is 0 Å². The van der Waals surface area contributed by atoms with E-state index in [9.17, 15) is 0 Å². The van der Waals surface area contributed by atoms with E-state index in [-0.39, 0.29) is 0 Å². The second-order valence-electron chi connectivity index (χ2n) is 7.84. The average molecular weight is 317 g/mol. The lowest BCUT2D eigenvalue weighted by Gasteiger charge is -2.52. The van der Waals surface area contributed by atoms with Crippen LogP contribution < -0.4 is 0 Å². The van der Waals surface area contributed by atoms with Crippen LogP contribution in [0.5, 0.6) is 0 Å². The molecule has 3 aliphatic rings. The Morgan fingerprint density at radius 2 is 1.96 bits per heavy atom. The first-order valence-electron chi connectivity index (χ1n) is 9.39. The second kappa shape index (κ2) is 7.81. The van der Waals surface area contributed by atoms with Gasteiger partial charge in [-0.05, 0) is 81.0 Å². The van der Waals surface area contributed by atoms with Crippen LogP contribution in [0.1, 0.15) is 57.8 Å². The van der Waals surface area contributed by atoms with E-state index in [1.807, 2.05) is 0 Å². The summed E-state index contributed by atoms with van der Waals surface area (Å²) in [6.07, 6.45) is 11.0. The maximum atomic E-state index is 8.96. The topological polar surface area (TPSA) is 42.2 Å². The quantitative estimate of drug-likeness (QED) is 0.546. The number of nitrogens with zero attached hydrogens (tertiary/aromatic N) is 1. The van der Waals surface area contributed by atoms with Crippen LogP contribution in [-0.2, 0) is 9.47 Å². The molecule has 0 heterocycles. The molecule has 0 aromatic carbocycles. The molecule has 0 aromatic rings. The zero-order valence-electron chi connectivity index (χ0n) is 14.5. The Morgan fingerprint density at radius 1 is 1.13 bits per heavy atom. The summed E-state index contributed by atoms with van der Waals surface area (Å²) in [5.74, 6) is 3.99. The van der Waals surface area contributed by atoms with E-state index in [2.05, 4.69) is 12.6 Å². The summed E-state index contributed by atoms with van der Waals surface area (Å²) in [6, 6.07) is 2.34. The average Bonchev–Trinajstić information content (AvgIpc) is 2.58. The Hall–Kier alpha value is -0.850. The fourth-order valence-corrected chi connectivity index (χ4v) is 5.80. The van der Waals surface area contributed by atoms with Gasteiger partial charge in [0, 0.05) is 13.5 Å². The largest absolute Gasteiger partial charge is 0.359 e. The molecule has 3 aliphatic carbocycles. The third-order valence-corrected chi connectivity index (χ3v) is 6.79. The first-order valence-corrected chi connectivity index (χ1v) is 9.39. The van der Waals surface area contributed by atoms with E-state index in [4.69, 9.17) is 14.7 Å². The number of rotatable bonds is 5. The molecule has 0 spiro atoms. The van der Waals surface area contributed by atoms with Gasteiger partial charge in [0.2, 0.25) is 0 Å². The van der Waals surface area contributed by atoms with Crippen LogP contribution in [-0.4, -0.2) is 20.0 Å². The van der Waals surface area contributed by atoms with Gasteiger partial charge >= 0.3 is 0 Å². The van der Waals surface area contributed by atoms with Crippen molar-refractivity contribution in [2.24, 2.45) is 29.6 Å². The van der Waals surface area contributed by atoms with Crippen LogP contribution in [0.15, 0.2) is 12.2 Å². The van der Waals surface area contributed by atoms with E-state index in [1.54, 1.807) is 7.11 Å². The van der Waals surface area contributed by atoms with Crippen LogP contribution in [0, 0.1) is 40.9 Å². The molecule has 0 radical (unpaired) electrons. The van der Waals surface area contributed by atoms with Crippen molar-refractivity contribution in [3.8, 4) is 6.07 Å². The fourth-order valence-electron chi connectivity index (χ4n) is 5.80. The van der Waals surface area contributed by atoms with Gasteiger partial charge in [-0.3, -0.25) is 0 Å². The Balaban J connectivity index is 1.63. The van der Waals surface area contributed by atoms with E-state index < -0.39 is 0 Å². The molecular formula is C20H31NO2. The van der Waals surface area contributed by atoms with Crippen molar-refractivity contribution in [2.45, 2.75) is 63.9 Å². The summed E-state index contributed by atoms with van der Waals surface area (Å²) in [7, 11) is 1.70. The molecule has 6 atom stereocenters. The van der Waals surface area contributed by atoms with Gasteiger partial charge < -0.3 is 9.47 Å². The highest BCUT2D eigenvalue weighted by Crippen LogP contribution is 2.55. The van der Waals surface area contributed by atoms with Crippen molar-refractivity contribution in [1.82, 2.24) is 0 Å². The van der Waals surface area contributed by atoms with Crippen LogP contribution in [0.25, 0.3) is 0 Å². The molecule has 23 heavy (non-hydrogen) atoms. The molecule has 3 nitrogen and oxygen atoms in total. The van der Waals surface area contributed by atoms with E-state index in [0.29, 0.717) is 25.2 Å². The summed E-state index contributed by atoms with van der Waals surface area (Å²) in [4.78, 5) is 0. The molecule has 0 saturated heterocycles. The van der Waals surface area contributed by atoms with Crippen molar-refractivity contribution in [3.05, 3.63) is 12.2 Å². The minimum Gasteiger partial charge on any atom is -0.359 e. The Bertz CT molecular complexity index is 455. The number of hydrogen-bond acceptors (Lipinski definition) is 3. The van der Waals surface area contributed by atoms with Crippen LogP contribution in [0.4, 0.5) is 0 Å². The van der Waals surface area contributed by atoms with Crippen molar-refractivity contribution < 1.29 is 9.47 Å². The Kier molecular flexibility index (Phi) is 5.77. The highest BCUT2D eigenvalue weighted by atomic mass is 16.7. The van der Waals surface area contributed by atoms with Gasteiger partial charge in [-0.1, -0.05) is 12.2 Å². The zero-order valence-corrected chi connectivity index (χ0v) is 14.5. The van der Waals surface area contributed by atoms with Crippen molar-refractivity contribution in [1.29, 1.82) is 5.26 Å². The highest BCUT2D eigenvalue weighted by Gasteiger charge is 2.46. The second-order valence-corrected chi connectivity index (χ2v) is 7.84. The normalized spacial score (nSPS) is 40.1. The smallest absolute Gasteiger partial charge is 0.146 e. The van der Waals surface area contributed by atoms with Gasteiger partial charge in [-0.25, -0.2) is 0 Å². The third-order valence-electron chi connectivity index (χ3n) is 6.79. The molecule has 0 bridgehead atoms. The lowest BCUT2D eigenvalue weighted by Crippen LogP contribution is -2.44. The number of hydrogen-bond donors (Lipinski definition) is 0. The number of allylic oxidation sites excluding steroid dienone is 1. The molecule has 0 amide bonds. The molecule has 3 fully saturated rings. The van der Waals surface area contributed by atoms with E-state index >= 15 is 0 Å². The summed E-state index contributed by atoms with van der Waals surface area (Å²) in [5.41, 5.74) is 1.43. The minimum atomic E-state index is 0.403. The fraction of sp³-hybridized carbons (Fsp3) is 0.850. The van der Waals surface area contributed by atoms with Crippen LogP contribution >= 0.6 is 0 Å². The van der Waals surface area contributed by atoms with Crippen LogP contribution in [0.2, 0.25) is 0 Å². The first kappa shape index (κ1) is 17.0. The molecule has 0 aromatic heterocycles. The summed E-state index contributed by atoms with van der Waals surface area (Å²) < 4.78 is 10.9. The van der Waals surface area contributed by atoms with Gasteiger partial charge in [0.05, 0.1) is 12.2 Å². The maximum Gasteiger partial charge on any atom is 0.146 e. The van der Waals surface area contributed by atoms with Crippen LogP contribution in [0.3, 0.4) is 0 Å². The first-order chi connectivity index (χ1) is 11.2. The summed E-state index contributed by atoms with van der Waals surface area (Å²) in [5, 5.41) is 8.96. The lowest BCUT2D eigenvalue weighted by atomic mass is 9.54. The van der Waals surface area contributed by atoms with Crippen molar-refractivity contribution in [2.75, 3.05) is 13.9 Å². The summed E-state index contributed by atoms with van der Waals surface area (Å²) in [6.45, 7) is 4.78. The van der Waals surface area contributed by atoms with Gasteiger partial charge in [-0.2, -0.15) is 5.26 Å². The minimum absolute atomic E-state index is 0.403. The van der Waals surface area contributed by atoms with Crippen molar-refractivity contribution >= 4 is 0 Å². The van der Waals surface area contributed by atoms with E-state index in [1.165, 1.54) is 50.5 Å². The molecule has 3 rings (SSSR count). The number of fused-ring (bicyclic) bond motifs is 3. The SMILES string of the molecule is C=C1CC[C@H]2[C@@H](CC[C@@H]3C[C@@H](OCOC)CC[C@@H]32)[C@@H]1CCC#N. The molecule has 0 N–H and O–H groups in total. The highest BCUT2D eigenvalue weighted by molar-refractivity contribution is 5.11.